The van der Waals surface area contributed by atoms with E-state index in [9.17, 15) is 18.0 Å². The second kappa shape index (κ2) is 6.41. The van der Waals surface area contributed by atoms with Crippen molar-refractivity contribution in [1.82, 2.24) is 4.90 Å². The first kappa shape index (κ1) is 15.3. The molecule has 3 nitrogen and oxygen atoms in total. The molecule has 106 valence electrons. The number of nitrogens with zero attached hydrogens (tertiary/aromatic N) is 1. The molecule has 0 spiro atoms. The molecule has 1 aliphatic carbocycles. The van der Waals surface area contributed by atoms with Crippen molar-refractivity contribution in [2.45, 2.75) is 38.8 Å². The third-order valence-corrected chi connectivity index (χ3v) is 3.59. The molecular weight excluding hydrogens is 245 g/mol. The molecular formula is C12H21F3N2O. The number of rotatable bonds is 4. The molecule has 0 atom stereocenters. The largest absolute Gasteiger partial charge is 0.406 e. The van der Waals surface area contributed by atoms with Gasteiger partial charge in [-0.05, 0) is 45.1 Å². The van der Waals surface area contributed by atoms with Crippen LogP contribution in [0.15, 0.2) is 0 Å². The predicted octanol–water partition coefficient (Wildman–Crippen LogP) is 2.16. The van der Waals surface area contributed by atoms with Gasteiger partial charge in [0.15, 0.2) is 0 Å². The summed E-state index contributed by atoms with van der Waals surface area (Å²) < 4.78 is 37.0. The van der Waals surface area contributed by atoms with Gasteiger partial charge in [0.1, 0.15) is 6.54 Å². The molecule has 0 aliphatic heterocycles. The van der Waals surface area contributed by atoms with Crippen LogP contribution in [0.4, 0.5) is 13.2 Å². The highest BCUT2D eigenvalue weighted by atomic mass is 19.4. The van der Waals surface area contributed by atoms with Gasteiger partial charge >= 0.3 is 6.18 Å². The van der Waals surface area contributed by atoms with Crippen molar-refractivity contribution >= 4 is 5.91 Å². The zero-order valence-corrected chi connectivity index (χ0v) is 10.7. The topological polar surface area (TPSA) is 46.3 Å². The molecule has 0 aromatic rings. The van der Waals surface area contributed by atoms with Crippen molar-refractivity contribution in [3.05, 3.63) is 0 Å². The summed E-state index contributed by atoms with van der Waals surface area (Å²) in [5.74, 6) is -0.188. The van der Waals surface area contributed by atoms with Crippen molar-refractivity contribution in [2.24, 2.45) is 17.6 Å². The minimum atomic E-state index is -4.32. The lowest BCUT2D eigenvalue weighted by Crippen LogP contribution is -2.43. The maximum Gasteiger partial charge on any atom is 0.406 e. The van der Waals surface area contributed by atoms with Crippen LogP contribution in [0.3, 0.4) is 0 Å². The molecule has 18 heavy (non-hydrogen) atoms. The summed E-state index contributed by atoms with van der Waals surface area (Å²) >= 11 is 0. The van der Waals surface area contributed by atoms with Crippen LogP contribution in [-0.4, -0.2) is 36.6 Å². The number of amides is 1. The average molecular weight is 266 g/mol. The SMILES string of the molecule is CCN(CC(F)(F)F)C(=O)C1CCC(CN)CC1. The molecule has 1 saturated carbocycles. The van der Waals surface area contributed by atoms with E-state index in [4.69, 9.17) is 5.73 Å². The lowest BCUT2D eigenvalue weighted by molar-refractivity contribution is -0.164. The smallest absolute Gasteiger partial charge is 0.334 e. The van der Waals surface area contributed by atoms with Gasteiger partial charge in [0.05, 0.1) is 0 Å². The van der Waals surface area contributed by atoms with Crippen LogP contribution in [0.1, 0.15) is 32.6 Å². The van der Waals surface area contributed by atoms with Crippen LogP contribution in [0.5, 0.6) is 0 Å². The second-order valence-electron chi connectivity index (χ2n) is 4.92. The molecule has 6 heteroatoms. The van der Waals surface area contributed by atoms with E-state index >= 15 is 0 Å². The molecule has 0 saturated heterocycles. The van der Waals surface area contributed by atoms with Gasteiger partial charge in [0, 0.05) is 12.5 Å². The third kappa shape index (κ3) is 4.48. The number of hydrogen-bond donors (Lipinski definition) is 1. The summed E-state index contributed by atoms with van der Waals surface area (Å²) in [6.07, 6.45) is -1.31. The van der Waals surface area contributed by atoms with Gasteiger partial charge in [-0.2, -0.15) is 13.2 Å². The summed E-state index contributed by atoms with van der Waals surface area (Å²) in [4.78, 5) is 12.9. The Morgan fingerprint density at radius 3 is 2.22 bits per heavy atom. The summed E-state index contributed by atoms with van der Waals surface area (Å²) in [6, 6.07) is 0. The molecule has 0 aromatic carbocycles. The summed E-state index contributed by atoms with van der Waals surface area (Å²) in [5.41, 5.74) is 5.55. The Bertz CT molecular complexity index is 273. The number of alkyl halides is 3. The van der Waals surface area contributed by atoms with E-state index < -0.39 is 12.7 Å². The Morgan fingerprint density at radius 2 is 1.83 bits per heavy atom. The van der Waals surface area contributed by atoms with Gasteiger partial charge in [0.25, 0.3) is 0 Å². The Hall–Kier alpha value is -0.780. The van der Waals surface area contributed by atoms with Gasteiger partial charge in [-0.3, -0.25) is 4.79 Å². The first-order valence-electron chi connectivity index (χ1n) is 6.43. The van der Waals surface area contributed by atoms with Crippen LogP contribution >= 0.6 is 0 Å². The molecule has 1 fully saturated rings. The first-order chi connectivity index (χ1) is 8.37. The van der Waals surface area contributed by atoms with Gasteiger partial charge < -0.3 is 10.6 Å². The minimum absolute atomic E-state index is 0.106. The number of halogens is 3. The van der Waals surface area contributed by atoms with Crippen LogP contribution in [0.2, 0.25) is 0 Å². The molecule has 0 aromatic heterocycles. The molecule has 0 unspecified atom stereocenters. The molecule has 2 N–H and O–H groups in total. The fourth-order valence-electron chi connectivity index (χ4n) is 2.47. The summed E-state index contributed by atoms with van der Waals surface area (Å²) in [7, 11) is 0. The van der Waals surface area contributed by atoms with Crippen LogP contribution in [0.25, 0.3) is 0 Å². The van der Waals surface area contributed by atoms with Crippen molar-refractivity contribution in [2.75, 3.05) is 19.6 Å². The number of hydrogen-bond acceptors (Lipinski definition) is 2. The molecule has 1 aliphatic rings. The van der Waals surface area contributed by atoms with E-state index in [0.29, 0.717) is 25.3 Å². The predicted molar refractivity (Wildman–Crippen MR) is 62.8 cm³/mol. The van der Waals surface area contributed by atoms with Crippen molar-refractivity contribution < 1.29 is 18.0 Å². The molecule has 1 amide bonds. The van der Waals surface area contributed by atoms with Gasteiger partial charge in [-0.15, -0.1) is 0 Å². The summed E-state index contributed by atoms with van der Waals surface area (Å²) in [5, 5.41) is 0. The standard InChI is InChI=1S/C12H21F3N2O/c1-2-17(8-12(13,14)15)11(18)10-5-3-9(7-16)4-6-10/h9-10H,2-8,16H2,1H3. The van der Waals surface area contributed by atoms with Crippen molar-refractivity contribution in [3.63, 3.8) is 0 Å². The first-order valence-corrected chi connectivity index (χ1v) is 6.43. The van der Waals surface area contributed by atoms with Crippen LogP contribution < -0.4 is 5.73 Å². The van der Waals surface area contributed by atoms with Crippen molar-refractivity contribution in [3.8, 4) is 0 Å². The van der Waals surface area contributed by atoms with E-state index in [0.717, 1.165) is 17.7 Å². The van der Waals surface area contributed by atoms with Crippen molar-refractivity contribution in [1.29, 1.82) is 0 Å². The lowest BCUT2D eigenvalue weighted by Gasteiger charge is -2.31. The normalized spacial score (nSPS) is 24.9. The third-order valence-electron chi connectivity index (χ3n) is 3.59. The Kier molecular flexibility index (Phi) is 5.44. The Labute approximate surface area is 106 Å². The summed E-state index contributed by atoms with van der Waals surface area (Å²) in [6.45, 7) is 1.14. The van der Waals surface area contributed by atoms with E-state index in [1.807, 2.05) is 0 Å². The van der Waals surface area contributed by atoms with E-state index in [1.54, 1.807) is 6.92 Å². The fraction of sp³-hybridized carbons (Fsp3) is 0.917. The number of nitrogens with two attached hydrogens (primary N) is 1. The molecule has 0 radical (unpaired) electrons. The number of carbonyl (C=O) groups is 1. The maximum absolute atomic E-state index is 12.3. The number of carbonyl (C=O) groups excluding carboxylic acids is 1. The van der Waals surface area contributed by atoms with Gasteiger partial charge in [0.2, 0.25) is 5.91 Å². The molecule has 1 rings (SSSR count). The highest BCUT2D eigenvalue weighted by molar-refractivity contribution is 5.79. The van der Waals surface area contributed by atoms with E-state index in [2.05, 4.69) is 0 Å². The highest BCUT2D eigenvalue weighted by Crippen LogP contribution is 2.30. The molecule has 0 bridgehead atoms. The highest BCUT2D eigenvalue weighted by Gasteiger charge is 2.35. The molecule has 0 heterocycles. The van der Waals surface area contributed by atoms with Gasteiger partial charge in [-0.25, -0.2) is 0 Å². The Morgan fingerprint density at radius 1 is 1.28 bits per heavy atom. The second-order valence-corrected chi connectivity index (χ2v) is 4.92. The maximum atomic E-state index is 12.3. The van der Waals surface area contributed by atoms with E-state index in [1.165, 1.54) is 0 Å². The average Bonchev–Trinajstić information content (AvgIpc) is 2.34. The quantitative estimate of drug-likeness (QED) is 0.847. The zero-order valence-electron chi connectivity index (χ0n) is 10.7. The lowest BCUT2D eigenvalue weighted by atomic mass is 9.81. The van der Waals surface area contributed by atoms with Gasteiger partial charge in [-0.1, -0.05) is 0 Å². The monoisotopic (exact) mass is 266 g/mol. The fourth-order valence-corrected chi connectivity index (χ4v) is 2.47. The van der Waals surface area contributed by atoms with E-state index in [-0.39, 0.29) is 18.4 Å². The Balaban J connectivity index is 2.52. The minimum Gasteiger partial charge on any atom is -0.334 e. The van der Waals surface area contributed by atoms with Crippen LogP contribution in [-0.2, 0) is 4.79 Å². The van der Waals surface area contributed by atoms with Crippen LogP contribution in [0, 0.1) is 11.8 Å². The zero-order chi connectivity index (χ0) is 13.8.